The Morgan fingerprint density at radius 3 is 2.61 bits per heavy atom. The number of rotatable bonds is 5. The number of fused-ring (bicyclic) bond motifs is 1. The molecule has 5 heteroatoms. The highest BCUT2D eigenvalue weighted by molar-refractivity contribution is 14.1. The lowest BCUT2D eigenvalue weighted by molar-refractivity contribution is -0.120. The number of nitrogens with zero attached hydrogens (tertiary/aromatic N) is 1. The summed E-state index contributed by atoms with van der Waals surface area (Å²) in [4.78, 5) is 12.2. The molecule has 1 aromatic heterocycles. The zero-order valence-electron chi connectivity index (χ0n) is 14.9. The number of halogens is 1. The number of carbonyl (C=O) groups excluding carboxylic acids is 1. The summed E-state index contributed by atoms with van der Waals surface area (Å²) in [5, 5.41) is 6.22. The Hall–Kier alpha value is -2.93. The first-order valence-electron chi connectivity index (χ1n) is 8.83. The van der Waals surface area contributed by atoms with Crippen LogP contribution in [-0.4, -0.2) is 12.1 Å². The van der Waals surface area contributed by atoms with E-state index in [1.165, 1.54) is 9.78 Å². The lowest BCUT2D eigenvalue weighted by Crippen LogP contribution is -2.19. The van der Waals surface area contributed by atoms with Gasteiger partial charge in [-0.25, -0.2) is 5.43 Å². The fourth-order valence-electron chi connectivity index (χ4n) is 3.02. The third-order valence-corrected chi connectivity index (χ3v) is 5.09. The topological polar surface area (TPSA) is 54.6 Å². The minimum Gasteiger partial charge on any atom is -0.455 e. The fourth-order valence-corrected chi connectivity index (χ4v) is 3.38. The molecule has 0 spiro atoms. The Balaban J connectivity index is 1.39. The van der Waals surface area contributed by atoms with Crippen molar-refractivity contribution in [2.75, 3.05) is 0 Å². The van der Waals surface area contributed by atoms with E-state index in [0.29, 0.717) is 5.76 Å². The first-order chi connectivity index (χ1) is 13.7. The summed E-state index contributed by atoms with van der Waals surface area (Å²) in [6.45, 7) is 0. The highest BCUT2D eigenvalue weighted by Crippen LogP contribution is 2.22. The molecule has 28 heavy (non-hydrogen) atoms. The first kappa shape index (κ1) is 18.4. The molecule has 0 radical (unpaired) electrons. The zero-order valence-corrected chi connectivity index (χ0v) is 17.1. The molecule has 1 amide bonds. The number of carbonyl (C=O) groups is 1. The lowest BCUT2D eigenvalue weighted by atomic mass is 10.0. The van der Waals surface area contributed by atoms with Crippen molar-refractivity contribution in [3.63, 3.8) is 0 Å². The highest BCUT2D eigenvalue weighted by atomic mass is 127. The largest absolute Gasteiger partial charge is 0.455 e. The minimum atomic E-state index is -0.169. The first-order valence-corrected chi connectivity index (χ1v) is 9.91. The molecule has 1 N–H and O–H groups in total. The molecule has 138 valence electrons. The van der Waals surface area contributed by atoms with Crippen molar-refractivity contribution in [1.82, 2.24) is 5.43 Å². The van der Waals surface area contributed by atoms with Crippen molar-refractivity contribution in [1.29, 1.82) is 0 Å². The van der Waals surface area contributed by atoms with Gasteiger partial charge in [0, 0.05) is 9.13 Å². The third kappa shape index (κ3) is 4.31. The summed E-state index contributed by atoms with van der Waals surface area (Å²) in [7, 11) is 0. The molecule has 0 bridgehead atoms. The fraction of sp³-hybridized carbons (Fsp3) is 0.0435. The standard InChI is InChI=1S/C23H17IN2O2/c24-19-10-8-17(9-11-19)22-13-12-20(28-22)15-25-26-23(27)14-18-6-3-5-16-4-1-2-7-21(16)18/h1-13,15H,14H2,(H,26,27)/b25-15+. The van der Waals surface area contributed by atoms with E-state index in [1.54, 1.807) is 0 Å². The molecule has 1 heterocycles. The number of hydrogen-bond acceptors (Lipinski definition) is 3. The average molecular weight is 480 g/mol. The van der Waals surface area contributed by atoms with E-state index < -0.39 is 0 Å². The Labute approximate surface area is 176 Å². The van der Waals surface area contributed by atoms with Crippen LogP contribution < -0.4 is 5.43 Å². The summed E-state index contributed by atoms with van der Waals surface area (Å²) in [5.74, 6) is 1.18. The van der Waals surface area contributed by atoms with Crippen LogP contribution in [0.25, 0.3) is 22.1 Å². The number of furan rings is 1. The molecule has 0 aliphatic heterocycles. The van der Waals surface area contributed by atoms with E-state index in [1.807, 2.05) is 78.9 Å². The van der Waals surface area contributed by atoms with Gasteiger partial charge in [0.15, 0.2) is 0 Å². The van der Waals surface area contributed by atoms with Crippen LogP contribution in [0.2, 0.25) is 0 Å². The summed E-state index contributed by atoms with van der Waals surface area (Å²) in [6.07, 6.45) is 1.78. The van der Waals surface area contributed by atoms with Gasteiger partial charge in [0.1, 0.15) is 11.5 Å². The van der Waals surface area contributed by atoms with Gasteiger partial charge in [0.05, 0.1) is 12.6 Å². The molecule has 3 aromatic carbocycles. The molecule has 0 aliphatic carbocycles. The van der Waals surface area contributed by atoms with Crippen LogP contribution in [0.15, 0.2) is 88.4 Å². The molecular weight excluding hydrogens is 463 g/mol. The second-order valence-electron chi connectivity index (χ2n) is 6.32. The van der Waals surface area contributed by atoms with E-state index in [-0.39, 0.29) is 12.3 Å². The molecular formula is C23H17IN2O2. The molecule has 4 aromatic rings. The molecule has 0 atom stereocenters. The predicted molar refractivity (Wildman–Crippen MR) is 120 cm³/mol. The van der Waals surface area contributed by atoms with Gasteiger partial charge in [0.25, 0.3) is 0 Å². The van der Waals surface area contributed by atoms with Crippen molar-refractivity contribution in [3.05, 3.63) is 93.8 Å². The van der Waals surface area contributed by atoms with Crippen molar-refractivity contribution < 1.29 is 9.21 Å². The smallest absolute Gasteiger partial charge is 0.244 e. The van der Waals surface area contributed by atoms with Crippen LogP contribution in [-0.2, 0) is 11.2 Å². The molecule has 0 saturated heterocycles. The summed E-state index contributed by atoms with van der Waals surface area (Å²) in [6, 6.07) is 25.8. The normalized spacial score (nSPS) is 11.2. The molecule has 0 fully saturated rings. The van der Waals surface area contributed by atoms with Crippen LogP contribution in [0, 0.1) is 3.57 Å². The van der Waals surface area contributed by atoms with Gasteiger partial charge in [-0.05, 0) is 63.2 Å². The number of amides is 1. The minimum absolute atomic E-state index is 0.169. The number of benzene rings is 3. The number of hydrogen-bond donors (Lipinski definition) is 1. The Morgan fingerprint density at radius 1 is 0.964 bits per heavy atom. The molecule has 0 saturated carbocycles. The molecule has 4 rings (SSSR count). The van der Waals surface area contributed by atoms with Gasteiger partial charge in [-0.2, -0.15) is 5.10 Å². The van der Waals surface area contributed by atoms with Gasteiger partial charge in [0.2, 0.25) is 5.91 Å². The van der Waals surface area contributed by atoms with Gasteiger partial charge in [-0.1, -0.05) is 54.6 Å². The zero-order chi connectivity index (χ0) is 19.3. The predicted octanol–water partition coefficient (Wildman–Crippen LogP) is 5.40. The van der Waals surface area contributed by atoms with Crippen LogP contribution in [0.1, 0.15) is 11.3 Å². The second kappa shape index (κ2) is 8.39. The van der Waals surface area contributed by atoms with Crippen molar-refractivity contribution in [2.24, 2.45) is 5.10 Å². The van der Waals surface area contributed by atoms with Crippen LogP contribution in [0.3, 0.4) is 0 Å². The van der Waals surface area contributed by atoms with E-state index >= 15 is 0 Å². The van der Waals surface area contributed by atoms with Crippen LogP contribution in [0.5, 0.6) is 0 Å². The molecule has 4 nitrogen and oxygen atoms in total. The van der Waals surface area contributed by atoms with E-state index in [0.717, 1.165) is 27.7 Å². The van der Waals surface area contributed by atoms with Crippen molar-refractivity contribution in [3.8, 4) is 11.3 Å². The number of hydrazone groups is 1. The average Bonchev–Trinajstić information content (AvgIpc) is 3.18. The SMILES string of the molecule is O=C(Cc1cccc2ccccc12)N/N=C/c1ccc(-c2ccc(I)cc2)o1. The Bertz CT molecular complexity index is 1140. The van der Waals surface area contributed by atoms with Gasteiger partial charge in [-0.3, -0.25) is 4.79 Å². The molecule has 0 aliphatic rings. The van der Waals surface area contributed by atoms with E-state index in [4.69, 9.17) is 4.42 Å². The van der Waals surface area contributed by atoms with E-state index in [2.05, 4.69) is 33.1 Å². The summed E-state index contributed by atoms with van der Waals surface area (Å²) < 4.78 is 6.93. The van der Waals surface area contributed by atoms with Crippen LogP contribution in [0.4, 0.5) is 0 Å². The third-order valence-electron chi connectivity index (χ3n) is 4.37. The van der Waals surface area contributed by atoms with Crippen molar-refractivity contribution >= 4 is 45.5 Å². The summed E-state index contributed by atoms with van der Waals surface area (Å²) >= 11 is 2.27. The highest BCUT2D eigenvalue weighted by Gasteiger charge is 2.07. The lowest BCUT2D eigenvalue weighted by Gasteiger charge is -2.05. The number of nitrogens with one attached hydrogen (secondary N) is 1. The van der Waals surface area contributed by atoms with Gasteiger partial charge >= 0.3 is 0 Å². The van der Waals surface area contributed by atoms with Crippen LogP contribution >= 0.6 is 22.6 Å². The monoisotopic (exact) mass is 480 g/mol. The van der Waals surface area contributed by atoms with Crippen molar-refractivity contribution in [2.45, 2.75) is 6.42 Å². The Morgan fingerprint density at radius 2 is 1.75 bits per heavy atom. The van der Waals surface area contributed by atoms with Gasteiger partial charge in [-0.15, -0.1) is 0 Å². The maximum absolute atomic E-state index is 12.2. The molecule has 0 unspecified atom stereocenters. The maximum atomic E-state index is 12.2. The van der Waals surface area contributed by atoms with Gasteiger partial charge < -0.3 is 4.42 Å². The van der Waals surface area contributed by atoms with E-state index in [9.17, 15) is 4.79 Å². The Kier molecular flexibility index (Phi) is 5.53. The summed E-state index contributed by atoms with van der Waals surface area (Å²) in [5.41, 5.74) is 4.55. The maximum Gasteiger partial charge on any atom is 0.244 e. The second-order valence-corrected chi connectivity index (χ2v) is 7.56. The quantitative estimate of drug-likeness (QED) is 0.236.